The molecule has 22 heavy (non-hydrogen) atoms. The number of rotatable bonds is 3. The quantitative estimate of drug-likeness (QED) is 0.870. The van der Waals surface area contributed by atoms with Gasteiger partial charge in [-0.1, -0.05) is 30.3 Å². The van der Waals surface area contributed by atoms with Crippen molar-refractivity contribution in [3.05, 3.63) is 65.2 Å². The lowest BCUT2D eigenvalue weighted by Crippen LogP contribution is -2.30. The minimum absolute atomic E-state index is 0.111. The normalized spacial score (nSPS) is 17.8. The Morgan fingerprint density at radius 2 is 1.95 bits per heavy atom. The van der Waals surface area contributed by atoms with E-state index >= 15 is 0 Å². The number of amides is 1. The van der Waals surface area contributed by atoms with Crippen LogP contribution in [0.2, 0.25) is 0 Å². The Morgan fingerprint density at radius 1 is 1.23 bits per heavy atom. The predicted octanol–water partition coefficient (Wildman–Crippen LogP) is 3.48. The fraction of sp³-hybridized carbons (Fsp3) is 0.222. The Hall–Kier alpha value is -2.80. The SMILES string of the molecule is COc1ccc2c(c1)C(C#N)N(C(C)c1ccccc1)C2=O. The summed E-state index contributed by atoms with van der Waals surface area (Å²) in [6, 6.07) is 16.5. The molecular weight excluding hydrogens is 276 g/mol. The monoisotopic (exact) mass is 292 g/mol. The lowest BCUT2D eigenvalue weighted by atomic mass is 10.0. The highest BCUT2D eigenvalue weighted by Crippen LogP contribution is 2.40. The molecule has 0 saturated heterocycles. The Kier molecular flexibility index (Phi) is 3.56. The van der Waals surface area contributed by atoms with E-state index in [1.165, 1.54) is 0 Å². The fourth-order valence-corrected chi connectivity index (χ4v) is 2.92. The van der Waals surface area contributed by atoms with Crippen molar-refractivity contribution >= 4 is 5.91 Å². The van der Waals surface area contributed by atoms with Crippen LogP contribution in [0.25, 0.3) is 0 Å². The second-order valence-electron chi connectivity index (χ2n) is 5.28. The first-order chi connectivity index (χ1) is 10.7. The van der Waals surface area contributed by atoms with Crippen LogP contribution >= 0.6 is 0 Å². The summed E-state index contributed by atoms with van der Waals surface area (Å²) in [5, 5.41) is 9.58. The molecule has 1 aliphatic rings. The molecule has 0 saturated carbocycles. The van der Waals surface area contributed by atoms with E-state index in [4.69, 9.17) is 4.74 Å². The highest BCUT2D eigenvalue weighted by atomic mass is 16.5. The first kappa shape index (κ1) is 14.2. The number of ether oxygens (including phenoxy) is 1. The zero-order valence-electron chi connectivity index (χ0n) is 12.5. The van der Waals surface area contributed by atoms with E-state index in [-0.39, 0.29) is 11.9 Å². The maximum Gasteiger partial charge on any atom is 0.256 e. The first-order valence-corrected chi connectivity index (χ1v) is 7.12. The molecule has 0 N–H and O–H groups in total. The van der Waals surface area contributed by atoms with Gasteiger partial charge in [0, 0.05) is 11.1 Å². The maximum atomic E-state index is 12.7. The minimum Gasteiger partial charge on any atom is -0.497 e. The van der Waals surface area contributed by atoms with Crippen LogP contribution in [-0.2, 0) is 0 Å². The first-order valence-electron chi connectivity index (χ1n) is 7.12. The average Bonchev–Trinajstić information content (AvgIpc) is 2.86. The van der Waals surface area contributed by atoms with Crippen LogP contribution in [0.5, 0.6) is 5.75 Å². The van der Waals surface area contributed by atoms with Crippen molar-refractivity contribution in [2.75, 3.05) is 7.11 Å². The van der Waals surface area contributed by atoms with Gasteiger partial charge in [0.25, 0.3) is 5.91 Å². The van der Waals surface area contributed by atoms with E-state index in [9.17, 15) is 10.1 Å². The van der Waals surface area contributed by atoms with Crippen molar-refractivity contribution in [1.82, 2.24) is 4.90 Å². The van der Waals surface area contributed by atoms with E-state index < -0.39 is 6.04 Å². The molecule has 1 heterocycles. The summed E-state index contributed by atoms with van der Waals surface area (Å²) in [6.45, 7) is 1.95. The number of benzene rings is 2. The number of carbonyl (C=O) groups is 1. The number of methoxy groups -OCH3 is 1. The van der Waals surface area contributed by atoms with Gasteiger partial charge in [0.05, 0.1) is 19.2 Å². The number of fused-ring (bicyclic) bond motifs is 1. The number of carbonyl (C=O) groups excluding carboxylic acids is 1. The summed E-state index contributed by atoms with van der Waals surface area (Å²) in [7, 11) is 1.57. The summed E-state index contributed by atoms with van der Waals surface area (Å²) < 4.78 is 5.21. The third kappa shape index (κ3) is 2.11. The maximum absolute atomic E-state index is 12.7. The molecule has 0 fully saturated rings. The summed E-state index contributed by atoms with van der Waals surface area (Å²) in [5.41, 5.74) is 2.31. The number of nitrogens with zero attached hydrogens (tertiary/aromatic N) is 2. The third-order valence-corrected chi connectivity index (χ3v) is 4.12. The van der Waals surface area contributed by atoms with Gasteiger partial charge < -0.3 is 9.64 Å². The van der Waals surface area contributed by atoms with Gasteiger partial charge in [-0.25, -0.2) is 0 Å². The van der Waals surface area contributed by atoms with E-state index in [1.807, 2.05) is 37.3 Å². The van der Waals surface area contributed by atoms with Crippen LogP contribution in [0.15, 0.2) is 48.5 Å². The molecule has 1 aliphatic heterocycles. The van der Waals surface area contributed by atoms with Gasteiger partial charge in [0.2, 0.25) is 0 Å². The fourth-order valence-electron chi connectivity index (χ4n) is 2.92. The van der Waals surface area contributed by atoms with Crippen molar-refractivity contribution in [3.8, 4) is 11.8 Å². The summed E-state index contributed by atoms with van der Waals surface area (Å²) in [4.78, 5) is 14.4. The second kappa shape index (κ2) is 5.53. The Morgan fingerprint density at radius 3 is 2.59 bits per heavy atom. The van der Waals surface area contributed by atoms with Crippen LogP contribution in [0.1, 0.15) is 40.5 Å². The molecule has 4 heteroatoms. The van der Waals surface area contributed by atoms with E-state index in [0.29, 0.717) is 11.3 Å². The number of hydrogen-bond donors (Lipinski definition) is 0. The van der Waals surface area contributed by atoms with Crippen molar-refractivity contribution in [3.63, 3.8) is 0 Å². The lowest BCUT2D eigenvalue weighted by Gasteiger charge is -2.27. The van der Waals surface area contributed by atoms with Gasteiger partial charge in [-0.15, -0.1) is 0 Å². The molecule has 0 bridgehead atoms. The molecule has 1 amide bonds. The molecule has 0 radical (unpaired) electrons. The molecule has 4 nitrogen and oxygen atoms in total. The van der Waals surface area contributed by atoms with Crippen molar-refractivity contribution < 1.29 is 9.53 Å². The van der Waals surface area contributed by atoms with E-state index in [0.717, 1.165) is 11.1 Å². The standard InChI is InChI=1S/C18H16N2O2/c1-12(13-6-4-3-5-7-13)20-17(11-19)16-10-14(22-2)8-9-15(16)18(20)21/h3-10,12,17H,1-2H3. The molecule has 3 rings (SSSR count). The largest absolute Gasteiger partial charge is 0.497 e. The summed E-state index contributed by atoms with van der Waals surface area (Å²) in [5.74, 6) is 0.543. The Balaban J connectivity index is 2.04. The van der Waals surface area contributed by atoms with Gasteiger partial charge in [0.15, 0.2) is 0 Å². The molecule has 0 aliphatic carbocycles. The minimum atomic E-state index is -0.590. The molecular formula is C18H16N2O2. The zero-order chi connectivity index (χ0) is 15.7. The molecule has 0 aromatic heterocycles. The van der Waals surface area contributed by atoms with Gasteiger partial charge in [-0.3, -0.25) is 4.79 Å². The van der Waals surface area contributed by atoms with Crippen LogP contribution < -0.4 is 4.74 Å². The smallest absolute Gasteiger partial charge is 0.256 e. The molecule has 0 spiro atoms. The van der Waals surface area contributed by atoms with Crippen LogP contribution in [0.4, 0.5) is 0 Å². The Labute approximate surface area is 129 Å². The van der Waals surface area contributed by atoms with Crippen LogP contribution in [0.3, 0.4) is 0 Å². The Bertz CT molecular complexity index is 749. The van der Waals surface area contributed by atoms with Crippen molar-refractivity contribution in [2.45, 2.75) is 19.0 Å². The van der Waals surface area contributed by atoms with E-state index in [2.05, 4.69) is 6.07 Å². The third-order valence-electron chi connectivity index (χ3n) is 4.12. The van der Waals surface area contributed by atoms with Gasteiger partial charge >= 0.3 is 0 Å². The number of hydrogen-bond acceptors (Lipinski definition) is 3. The molecule has 2 aromatic carbocycles. The van der Waals surface area contributed by atoms with Gasteiger partial charge in [-0.2, -0.15) is 5.26 Å². The molecule has 2 atom stereocenters. The summed E-state index contributed by atoms with van der Waals surface area (Å²) in [6.07, 6.45) is 0. The highest BCUT2D eigenvalue weighted by Gasteiger charge is 2.40. The van der Waals surface area contributed by atoms with Crippen molar-refractivity contribution in [1.29, 1.82) is 5.26 Å². The topological polar surface area (TPSA) is 53.3 Å². The zero-order valence-corrected chi connectivity index (χ0v) is 12.5. The van der Waals surface area contributed by atoms with Crippen molar-refractivity contribution in [2.24, 2.45) is 0 Å². The molecule has 2 aromatic rings. The molecule has 110 valence electrons. The van der Waals surface area contributed by atoms with Crippen LogP contribution in [0, 0.1) is 11.3 Å². The summed E-state index contributed by atoms with van der Waals surface area (Å²) >= 11 is 0. The van der Waals surface area contributed by atoms with Gasteiger partial charge in [-0.05, 0) is 30.7 Å². The highest BCUT2D eigenvalue weighted by molar-refractivity contribution is 6.00. The van der Waals surface area contributed by atoms with Gasteiger partial charge in [0.1, 0.15) is 11.8 Å². The number of nitriles is 1. The van der Waals surface area contributed by atoms with E-state index in [1.54, 1.807) is 30.2 Å². The van der Waals surface area contributed by atoms with Crippen LogP contribution in [-0.4, -0.2) is 17.9 Å². The predicted molar refractivity (Wildman–Crippen MR) is 82.4 cm³/mol. The average molecular weight is 292 g/mol. The second-order valence-corrected chi connectivity index (χ2v) is 5.28. The lowest BCUT2D eigenvalue weighted by molar-refractivity contribution is 0.0687. The molecule has 2 unspecified atom stereocenters.